The molecule has 6 nitrogen and oxygen atoms in total. The van der Waals surface area contributed by atoms with E-state index in [1.54, 1.807) is 12.1 Å². The number of likely N-dealkylation sites (tertiary alicyclic amines) is 1. The van der Waals surface area contributed by atoms with Gasteiger partial charge in [-0.25, -0.2) is 18.4 Å². The fourth-order valence-corrected chi connectivity index (χ4v) is 4.57. The lowest BCUT2D eigenvalue weighted by Crippen LogP contribution is -2.43. The van der Waals surface area contributed by atoms with Gasteiger partial charge in [-0.1, -0.05) is 25.5 Å². The van der Waals surface area contributed by atoms with Crippen LogP contribution in [0.1, 0.15) is 44.7 Å². The lowest BCUT2D eigenvalue weighted by Gasteiger charge is -2.26. The molecule has 1 fully saturated rings. The molecule has 2 atom stereocenters. The Hall–Kier alpha value is -1.25. The van der Waals surface area contributed by atoms with E-state index in [9.17, 15) is 13.2 Å². The fraction of sp³-hybridized carbons (Fsp3) is 0.588. The molecule has 1 unspecified atom stereocenters. The van der Waals surface area contributed by atoms with Gasteiger partial charge in [0.1, 0.15) is 0 Å². The van der Waals surface area contributed by atoms with Gasteiger partial charge in [0.15, 0.2) is 0 Å². The zero-order valence-electron chi connectivity index (χ0n) is 14.8. The number of carbonyl (C=O) groups is 1. The van der Waals surface area contributed by atoms with E-state index < -0.39 is 10.0 Å². The third-order valence-electron chi connectivity index (χ3n) is 4.37. The molecule has 140 valence electrons. The number of thioether (sulfide) groups is 1. The van der Waals surface area contributed by atoms with Crippen molar-refractivity contribution in [1.29, 1.82) is 0 Å². The number of urea groups is 1. The molecule has 1 aromatic rings. The van der Waals surface area contributed by atoms with Crippen LogP contribution in [0.4, 0.5) is 4.79 Å². The normalized spacial score (nSPS) is 20.0. The minimum atomic E-state index is -3.70. The molecule has 1 heterocycles. The van der Waals surface area contributed by atoms with Gasteiger partial charge in [0, 0.05) is 18.3 Å². The van der Waals surface area contributed by atoms with Crippen LogP contribution in [0, 0.1) is 0 Å². The lowest BCUT2D eigenvalue weighted by molar-refractivity contribution is 0.197. The third kappa shape index (κ3) is 5.90. The van der Waals surface area contributed by atoms with Crippen LogP contribution in [0.3, 0.4) is 0 Å². The maximum atomic E-state index is 12.6. The highest BCUT2D eigenvalue weighted by Gasteiger charge is 2.23. The van der Waals surface area contributed by atoms with Crippen LogP contribution in [0.5, 0.6) is 0 Å². The average molecular weight is 386 g/mol. The quantitative estimate of drug-likeness (QED) is 0.815. The summed E-state index contributed by atoms with van der Waals surface area (Å²) in [5, 5.41) is 8.62. The Morgan fingerprint density at radius 2 is 2.04 bits per heavy atom. The second-order valence-corrected chi connectivity index (χ2v) is 9.44. The first-order valence-corrected chi connectivity index (χ1v) is 11.2. The topological polar surface area (TPSA) is 92.5 Å². The number of nitrogens with zero attached hydrogens (tertiary/aromatic N) is 1. The molecule has 8 heteroatoms. The van der Waals surface area contributed by atoms with E-state index in [0.29, 0.717) is 5.25 Å². The summed E-state index contributed by atoms with van der Waals surface area (Å²) < 4.78 is 22.6. The van der Waals surface area contributed by atoms with Crippen molar-refractivity contribution in [2.24, 2.45) is 5.14 Å². The number of primary sulfonamides is 1. The largest absolute Gasteiger partial charge is 0.331 e. The highest BCUT2D eigenvalue weighted by Crippen LogP contribution is 2.22. The minimum absolute atomic E-state index is 0.0633. The van der Waals surface area contributed by atoms with E-state index in [1.807, 2.05) is 23.6 Å². The number of hydrogen-bond acceptors (Lipinski definition) is 4. The summed E-state index contributed by atoms with van der Waals surface area (Å²) in [6.45, 7) is 5.60. The van der Waals surface area contributed by atoms with Gasteiger partial charge in [-0.3, -0.25) is 0 Å². The molecule has 0 aliphatic carbocycles. The van der Waals surface area contributed by atoms with E-state index in [2.05, 4.69) is 12.2 Å². The van der Waals surface area contributed by atoms with Crippen molar-refractivity contribution >= 4 is 27.8 Å². The molecular weight excluding hydrogens is 358 g/mol. The SMILES string of the molecule is CCSC1CCCCN(C(=O)N[C@@H](C)c2ccc(S(N)(=O)=O)cc2)C1. The predicted octanol–water partition coefficient (Wildman–Crippen LogP) is 2.71. The highest BCUT2D eigenvalue weighted by molar-refractivity contribution is 7.99. The Morgan fingerprint density at radius 1 is 1.36 bits per heavy atom. The average Bonchev–Trinajstić information content (AvgIpc) is 2.80. The molecule has 0 aromatic heterocycles. The number of rotatable bonds is 5. The van der Waals surface area contributed by atoms with Crippen LogP contribution >= 0.6 is 11.8 Å². The highest BCUT2D eigenvalue weighted by atomic mass is 32.2. The molecule has 0 bridgehead atoms. The van der Waals surface area contributed by atoms with Crippen molar-refractivity contribution in [3.63, 3.8) is 0 Å². The van der Waals surface area contributed by atoms with Gasteiger partial charge in [-0.05, 0) is 43.2 Å². The van der Waals surface area contributed by atoms with Crippen molar-refractivity contribution < 1.29 is 13.2 Å². The van der Waals surface area contributed by atoms with Gasteiger partial charge in [-0.2, -0.15) is 11.8 Å². The van der Waals surface area contributed by atoms with Crippen molar-refractivity contribution in [3.05, 3.63) is 29.8 Å². The summed E-state index contributed by atoms with van der Waals surface area (Å²) in [5.74, 6) is 1.06. The van der Waals surface area contributed by atoms with Crippen LogP contribution in [0.2, 0.25) is 0 Å². The standard InChI is InChI=1S/C17H27N3O3S2/c1-3-24-15-6-4-5-11-20(12-15)17(21)19-13(2)14-7-9-16(10-8-14)25(18,22)23/h7-10,13,15H,3-6,11-12H2,1-2H3,(H,19,21)(H2,18,22,23)/t13-,15?/m0/s1. The number of nitrogens with one attached hydrogen (secondary N) is 1. The Balaban J connectivity index is 1.98. The van der Waals surface area contributed by atoms with Gasteiger partial charge in [-0.15, -0.1) is 0 Å². The van der Waals surface area contributed by atoms with Crippen molar-refractivity contribution in [2.45, 2.75) is 49.3 Å². The Kier molecular flexibility index (Phi) is 7.15. The minimum Gasteiger partial charge on any atom is -0.331 e. The molecule has 1 saturated heterocycles. The number of benzene rings is 1. The lowest BCUT2D eigenvalue weighted by atomic mass is 10.1. The van der Waals surface area contributed by atoms with E-state index in [0.717, 1.165) is 43.7 Å². The number of carbonyl (C=O) groups excluding carboxylic acids is 1. The maximum Gasteiger partial charge on any atom is 0.317 e. The summed E-state index contributed by atoms with van der Waals surface area (Å²) in [4.78, 5) is 14.6. The van der Waals surface area contributed by atoms with Gasteiger partial charge in [0.05, 0.1) is 10.9 Å². The summed E-state index contributed by atoms with van der Waals surface area (Å²) in [6.07, 6.45) is 3.35. The van der Waals surface area contributed by atoms with Crippen LogP contribution in [-0.4, -0.2) is 43.4 Å². The zero-order valence-corrected chi connectivity index (χ0v) is 16.4. The predicted molar refractivity (Wildman–Crippen MR) is 102 cm³/mol. The van der Waals surface area contributed by atoms with Crippen molar-refractivity contribution in [1.82, 2.24) is 10.2 Å². The Labute approximate surface area is 154 Å². The van der Waals surface area contributed by atoms with Crippen LogP contribution < -0.4 is 10.5 Å². The Morgan fingerprint density at radius 3 is 2.64 bits per heavy atom. The molecule has 1 aliphatic rings. The second-order valence-electron chi connectivity index (χ2n) is 6.30. The van der Waals surface area contributed by atoms with E-state index in [-0.39, 0.29) is 17.0 Å². The summed E-state index contributed by atoms with van der Waals surface area (Å²) in [6, 6.07) is 6.03. The molecule has 2 amide bonds. The third-order valence-corrected chi connectivity index (χ3v) is 6.49. The molecule has 0 radical (unpaired) electrons. The first-order valence-electron chi connectivity index (χ1n) is 8.61. The van der Waals surface area contributed by atoms with Crippen molar-refractivity contribution in [2.75, 3.05) is 18.8 Å². The van der Waals surface area contributed by atoms with E-state index >= 15 is 0 Å². The van der Waals surface area contributed by atoms with Gasteiger partial charge in [0.2, 0.25) is 10.0 Å². The first-order chi connectivity index (χ1) is 11.8. The van der Waals surface area contributed by atoms with Crippen LogP contribution in [-0.2, 0) is 10.0 Å². The molecule has 2 rings (SSSR count). The van der Waals surface area contributed by atoms with Crippen LogP contribution in [0.15, 0.2) is 29.2 Å². The second kappa shape index (κ2) is 8.91. The zero-order chi connectivity index (χ0) is 18.4. The number of sulfonamides is 1. The number of amides is 2. The van der Waals surface area contributed by atoms with E-state index in [1.165, 1.54) is 12.1 Å². The summed E-state index contributed by atoms with van der Waals surface area (Å²) in [7, 11) is -3.70. The van der Waals surface area contributed by atoms with Gasteiger partial charge < -0.3 is 10.2 Å². The molecule has 0 spiro atoms. The fourth-order valence-electron chi connectivity index (χ4n) is 2.97. The van der Waals surface area contributed by atoms with Gasteiger partial charge >= 0.3 is 6.03 Å². The number of hydrogen-bond donors (Lipinski definition) is 2. The van der Waals surface area contributed by atoms with E-state index in [4.69, 9.17) is 5.14 Å². The van der Waals surface area contributed by atoms with Gasteiger partial charge in [0.25, 0.3) is 0 Å². The number of nitrogens with two attached hydrogens (primary N) is 1. The van der Waals surface area contributed by atoms with Crippen LogP contribution in [0.25, 0.3) is 0 Å². The summed E-state index contributed by atoms with van der Waals surface area (Å²) >= 11 is 1.92. The van der Waals surface area contributed by atoms with Crippen molar-refractivity contribution in [3.8, 4) is 0 Å². The first kappa shape index (κ1) is 20.1. The Bertz CT molecular complexity index is 677. The molecule has 3 N–H and O–H groups in total. The maximum absolute atomic E-state index is 12.6. The molecule has 25 heavy (non-hydrogen) atoms. The molecule has 1 aliphatic heterocycles. The summed E-state index contributed by atoms with van der Waals surface area (Å²) in [5.41, 5.74) is 0.843. The monoisotopic (exact) mass is 385 g/mol. The molecule has 0 saturated carbocycles. The smallest absolute Gasteiger partial charge is 0.317 e. The molecular formula is C17H27N3O3S2. The molecule has 1 aromatic carbocycles.